The Labute approximate surface area is 176 Å². The number of hydrogen-bond acceptors (Lipinski definition) is 3. The second kappa shape index (κ2) is 8.69. The summed E-state index contributed by atoms with van der Waals surface area (Å²) in [6.07, 6.45) is 12.0. The van der Waals surface area contributed by atoms with E-state index in [0.29, 0.717) is 12.0 Å². The summed E-state index contributed by atoms with van der Waals surface area (Å²) in [6.45, 7) is 4.42. The van der Waals surface area contributed by atoms with Gasteiger partial charge in [0.1, 0.15) is 0 Å². The van der Waals surface area contributed by atoms with Crippen LogP contribution in [0, 0.1) is 29.1 Å². The standard InChI is InChI=1S/C26H39NO2/c28-25(17-27-8-6-21(7-9-27)10-20-4-2-1-3-5-20)18-29-19-26-14-22-11-23(15-26)13-24(12-22)16-26/h1-5,21-25,28H,6-19H2. The number of hydrogen-bond donors (Lipinski definition) is 1. The van der Waals surface area contributed by atoms with E-state index < -0.39 is 0 Å². The normalized spacial score (nSPS) is 35.8. The molecule has 0 radical (unpaired) electrons. The summed E-state index contributed by atoms with van der Waals surface area (Å²) in [5.74, 6) is 3.73. The molecule has 4 saturated carbocycles. The third-order valence-corrected chi connectivity index (χ3v) is 8.43. The van der Waals surface area contributed by atoms with Crippen LogP contribution in [-0.2, 0) is 11.2 Å². The molecule has 160 valence electrons. The summed E-state index contributed by atoms with van der Waals surface area (Å²) >= 11 is 0. The average molecular weight is 398 g/mol. The lowest BCUT2D eigenvalue weighted by molar-refractivity contribution is -0.107. The van der Waals surface area contributed by atoms with Crippen LogP contribution in [0.1, 0.15) is 56.9 Å². The maximum absolute atomic E-state index is 10.5. The van der Waals surface area contributed by atoms with Crippen molar-refractivity contribution in [2.75, 3.05) is 32.8 Å². The van der Waals surface area contributed by atoms with Gasteiger partial charge in [-0.05, 0) is 106 Å². The first-order chi connectivity index (χ1) is 14.2. The zero-order valence-corrected chi connectivity index (χ0v) is 18.0. The number of aliphatic hydroxyl groups excluding tert-OH is 1. The molecule has 1 aliphatic heterocycles. The van der Waals surface area contributed by atoms with Gasteiger partial charge in [-0.3, -0.25) is 0 Å². The molecule has 4 bridgehead atoms. The van der Waals surface area contributed by atoms with Crippen LogP contribution in [-0.4, -0.2) is 49.0 Å². The second-order valence-corrected chi connectivity index (χ2v) is 11.0. The minimum absolute atomic E-state index is 0.338. The minimum Gasteiger partial charge on any atom is -0.389 e. The van der Waals surface area contributed by atoms with E-state index in [2.05, 4.69) is 35.2 Å². The maximum Gasteiger partial charge on any atom is 0.0900 e. The van der Waals surface area contributed by atoms with E-state index in [4.69, 9.17) is 4.74 Å². The van der Waals surface area contributed by atoms with Crippen LogP contribution in [0.3, 0.4) is 0 Å². The highest BCUT2D eigenvalue weighted by molar-refractivity contribution is 5.15. The molecule has 5 aliphatic rings. The molecule has 1 aromatic carbocycles. The fourth-order valence-corrected chi connectivity index (χ4v) is 7.55. The lowest BCUT2D eigenvalue weighted by atomic mass is 9.50. The highest BCUT2D eigenvalue weighted by Gasteiger charge is 2.50. The van der Waals surface area contributed by atoms with Gasteiger partial charge in [0.15, 0.2) is 0 Å². The van der Waals surface area contributed by atoms with E-state index in [1.165, 1.54) is 63.4 Å². The number of aliphatic hydroxyl groups is 1. The van der Waals surface area contributed by atoms with Crippen LogP contribution in [0.5, 0.6) is 0 Å². The van der Waals surface area contributed by atoms with Crippen molar-refractivity contribution in [3.63, 3.8) is 0 Å². The number of β-amino-alcohol motifs (C(OH)–C–C–N with tert-alkyl or cyclic N) is 1. The molecule has 1 unspecified atom stereocenters. The summed E-state index contributed by atoms with van der Waals surface area (Å²) in [4.78, 5) is 2.44. The largest absolute Gasteiger partial charge is 0.389 e. The summed E-state index contributed by atoms with van der Waals surface area (Å²) in [7, 11) is 0. The van der Waals surface area contributed by atoms with Gasteiger partial charge >= 0.3 is 0 Å². The molecule has 1 saturated heterocycles. The Kier molecular flexibility index (Phi) is 6.00. The Balaban J connectivity index is 1.01. The summed E-state index contributed by atoms with van der Waals surface area (Å²) < 4.78 is 6.15. The van der Waals surface area contributed by atoms with Crippen LogP contribution in [0.15, 0.2) is 30.3 Å². The van der Waals surface area contributed by atoms with Crippen LogP contribution < -0.4 is 0 Å². The Bertz CT molecular complexity index is 617. The van der Waals surface area contributed by atoms with E-state index >= 15 is 0 Å². The SMILES string of the molecule is OC(COCC12CC3CC(CC(C3)C1)C2)CN1CCC(Cc2ccccc2)CC1. The summed E-state index contributed by atoms with van der Waals surface area (Å²) in [5.41, 5.74) is 1.92. The molecular formula is C26H39NO2. The van der Waals surface area contributed by atoms with Crippen LogP contribution >= 0.6 is 0 Å². The fourth-order valence-electron chi connectivity index (χ4n) is 7.55. The molecule has 29 heavy (non-hydrogen) atoms. The zero-order valence-electron chi connectivity index (χ0n) is 18.0. The topological polar surface area (TPSA) is 32.7 Å². The quantitative estimate of drug-likeness (QED) is 0.699. The first-order valence-corrected chi connectivity index (χ1v) is 12.2. The predicted molar refractivity (Wildman–Crippen MR) is 117 cm³/mol. The second-order valence-electron chi connectivity index (χ2n) is 11.0. The molecule has 3 nitrogen and oxygen atoms in total. The van der Waals surface area contributed by atoms with Crippen molar-refractivity contribution in [3.8, 4) is 0 Å². The number of piperidine rings is 1. The molecule has 6 rings (SSSR count). The molecule has 4 aliphatic carbocycles. The van der Waals surface area contributed by atoms with Crippen LogP contribution in [0.4, 0.5) is 0 Å². The van der Waals surface area contributed by atoms with Gasteiger partial charge in [-0.15, -0.1) is 0 Å². The van der Waals surface area contributed by atoms with Crippen molar-refractivity contribution >= 4 is 0 Å². The molecule has 5 fully saturated rings. The van der Waals surface area contributed by atoms with Gasteiger partial charge in [0.05, 0.1) is 19.3 Å². The first kappa shape index (κ1) is 20.0. The Hall–Kier alpha value is -0.900. The van der Waals surface area contributed by atoms with Gasteiger partial charge in [0.25, 0.3) is 0 Å². The van der Waals surface area contributed by atoms with Gasteiger partial charge in [-0.2, -0.15) is 0 Å². The fraction of sp³-hybridized carbons (Fsp3) is 0.769. The molecule has 0 amide bonds. The van der Waals surface area contributed by atoms with Crippen LogP contribution in [0.2, 0.25) is 0 Å². The van der Waals surface area contributed by atoms with Crippen molar-refractivity contribution in [2.45, 2.75) is 63.9 Å². The maximum atomic E-state index is 10.5. The van der Waals surface area contributed by atoms with Crippen molar-refractivity contribution < 1.29 is 9.84 Å². The number of benzene rings is 1. The molecule has 0 aromatic heterocycles. The zero-order chi connectivity index (χ0) is 19.7. The predicted octanol–water partition coefficient (Wildman–Crippen LogP) is 4.54. The average Bonchev–Trinajstić information content (AvgIpc) is 2.69. The van der Waals surface area contributed by atoms with E-state index in [1.54, 1.807) is 0 Å². The van der Waals surface area contributed by atoms with Crippen molar-refractivity contribution in [1.82, 2.24) is 4.90 Å². The lowest BCUT2D eigenvalue weighted by Crippen LogP contribution is -2.48. The van der Waals surface area contributed by atoms with Gasteiger partial charge in [-0.1, -0.05) is 30.3 Å². The Morgan fingerprint density at radius 2 is 1.59 bits per heavy atom. The number of likely N-dealkylation sites (tertiary alicyclic amines) is 1. The van der Waals surface area contributed by atoms with E-state index in [0.717, 1.165) is 49.9 Å². The molecule has 1 N–H and O–H groups in total. The third kappa shape index (κ3) is 4.89. The highest BCUT2D eigenvalue weighted by Crippen LogP contribution is 2.60. The molecular weight excluding hydrogens is 358 g/mol. The first-order valence-electron chi connectivity index (χ1n) is 12.2. The smallest absolute Gasteiger partial charge is 0.0900 e. The minimum atomic E-state index is -0.338. The molecule has 1 heterocycles. The van der Waals surface area contributed by atoms with E-state index in [9.17, 15) is 5.11 Å². The Morgan fingerprint density at radius 1 is 0.966 bits per heavy atom. The summed E-state index contributed by atoms with van der Waals surface area (Å²) in [5, 5.41) is 10.5. The van der Waals surface area contributed by atoms with Gasteiger partial charge in [-0.25, -0.2) is 0 Å². The number of rotatable bonds is 8. The molecule has 1 aromatic rings. The number of nitrogens with zero attached hydrogens (tertiary/aromatic N) is 1. The highest BCUT2D eigenvalue weighted by atomic mass is 16.5. The van der Waals surface area contributed by atoms with Crippen molar-refractivity contribution in [2.24, 2.45) is 29.1 Å². The van der Waals surface area contributed by atoms with Gasteiger partial charge in [0.2, 0.25) is 0 Å². The third-order valence-electron chi connectivity index (χ3n) is 8.43. The molecule has 3 heteroatoms. The number of ether oxygens (including phenoxy) is 1. The van der Waals surface area contributed by atoms with E-state index in [-0.39, 0.29) is 6.10 Å². The molecule has 1 atom stereocenters. The molecule has 0 spiro atoms. The van der Waals surface area contributed by atoms with Crippen molar-refractivity contribution in [3.05, 3.63) is 35.9 Å². The summed E-state index contributed by atoms with van der Waals surface area (Å²) in [6, 6.07) is 10.9. The van der Waals surface area contributed by atoms with Gasteiger partial charge in [0, 0.05) is 6.54 Å². The van der Waals surface area contributed by atoms with Crippen LogP contribution in [0.25, 0.3) is 0 Å². The monoisotopic (exact) mass is 397 g/mol. The lowest BCUT2D eigenvalue weighted by Gasteiger charge is -2.56. The van der Waals surface area contributed by atoms with Gasteiger partial charge < -0.3 is 14.7 Å². The Morgan fingerprint density at radius 3 is 2.21 bits per heavy atom. The van der Waals surface area contributed by atoms with E-state index in [1.807, 2.05) is 0 Å². The van der Waals surface area contributed by atoms with Crippen molar-refractivity contribution in [1.29, 1.82) is 0 Å².